The van der Waals surface area contributed by atoms with Gasteiger partial charge in [0.1, 0.15) is 5.82 Å². The molecular weight excluding hydrogens is 162 g/mol. The third-order valence-corrected chi connectivity index (χ3v) is 2.00. The van der Waals surface area contributed by atoms with Crippen LogP contribution in [0, 0.1) is 13.8 Å². The molecular formula is C10H17N3. The molecule has 1 heterocycles. The summed E-state index contributed by atoms with van der Waals surface area (Å²) >= 11 is 0. The summed E-state index contributed by atoms with van der Waals surface area (Å²) in [6, 6.07) is 2.15. The second-order valence-corrected chi connectivity index (χ2v) is 3.44. The van der Waals surface area contributed by atoms with Gasteiger partial charge in [-0.1, -0.05) is 6.92 Å². The van der Waals surface area contributed by atoms with Crippen molar-refractivity contribution in [2.75, 3.05) is 0 Å². The molecule has 1 aromatic rings. The Hall–Kier alpha value is -0.960. The van der Waals surface area contributed by atoms with Crippen molar-refractivity contribution >= 4 is 0 Å². The summed E-state index contributed by atoms with van der Waals surface area (Å²) in [5, 5.41) is 0. The molecule has 72 valence electrons. The first-order valence-electron chi connectivity index (χ1n) is 4.68. The van der Waals surface area contributed by atoms with Crippen molar-refractivity contribution in [2.45, 2.75) is 39.7 Å². The average molecular weight is 179 g/mol. The highest BCUT2D eigenvalue weighted by atomic mass is 14.9. The highest BCUT2D eigenvalue weighted by Gasteiger charge is 2.04. The molecule has 1 atom stereocenters. The molecule has 1 aromatic heterocycles. The van der Waals surface area contributed by atoms with Crippen molar-refractivity contribution in [3.05, 3.63) is 23.3 Å². The summed E-state index contributed by atoms with van der Waals surface area (Å²) in [4.78, 5) is 8.66. The van der Waals surface area contributed by atoms with E-state index in [0.29, 0.717) is 0 Å². The van der Waals surface area contributed by atoms with Gasteiger partial charge in [0.05, 0.1) is 0 Å². The number of aromatic nitrogens is 2. The molecule has 2 N–H and O–H groups in total. The minimum Gasteiger partial charge on any atom is -0.327 e. The van der Waals surface area contributed by atoms with Crippen LogP contribution in [0.15, 0.2) is 6.07 Å². The fraction of sp³-hybridized carbons (Fsp3) is 0.600. The molecule has 0 saturated heterocycles. The minimum atomic E-state index is 0.182. The summed E-state index contributed by atoms with van der Waals surface area (Å²) in [6.45, 7) is 6.04. The van der Waals surface area contributed by atoms with E-state index in [0.717, 1.165) is 30.1 Å². The Balaban J connectivity index is 2.77. The summed E-state index contributed by atoms with van der Waals surface area (Å²) < 4.78 is 0. The second-order valence-electron chi connectivity index (χ2n) is 3.44. The fourth-order valence-corrected chi connectivity index (χ4v) is 1.27. The Bertz CT molecular complexity index is 263. The summed E-state index contributed by atoms with van der Waals surface area (Å²) in [7, 11) is 0. The Morgan fingerprint density at radius 3 is 2.31 bits per heavy atom. The lowest BCUT2D eigenvalue weighted by Crippen LogP contribution is -2.23. The van der Waals surface area contributed by atoms with Gasteiger partial charge >= 0.3 is 0 Å². The van der Waals surface area contributed by atoms with E-state index in [9.17, 15) is 0 Å². The number of nitrogens with two attached hydrogens (primary N) is 1. The van der Waals surface area contributed by atoms with Crippen LogP contribution >= 0.6 is 0 Å². The molecule has 1 unspecified atom stereocenters. The van der Waals surface area contributed by atoms with Crippen molar-refractivity contribution in [2.24, 2.45) is 5.73 Å². The lowest BCUT2D eigenvalue weighted by molar-refractivity contribution is 0.621. The minimum absolute atomic E-state index is 0.182. The molecule has 1 rings (SSSR count). The number of nitrogens with zero attached hydrogens (tertiary/aromatic N) is 2. The van der Waals surface area contributed by atoms with Crippen LogP contribution in [0.2, 0.25) is 0 Å². The lowest BCUT2D eigenvalue weighted by atomic mass is 10.1. The van der Waals surface area contributed by atoms with Gasteiger partial charge < -0.3 is 5.73 Å². The Morgan fingerprint density at radius 1 is 1.31 bits per heavy atom. The van der Waals surface area contributed by atoms with Crippen molar-refractivity contribution in [3.63, 3.8) is 0 Å². The summed E-state index contributed by atoms with van der Waals surface area (Å²) in [5.74, 6) is 0.867. The highest BCUT2D eigenvalue weighted by Crippen LogP contribution is 2.02. The van der Waals surface area contributed by atoms with Crippen LogP contribution in [0.25, 0.3) is 0 Å². The molecule has 3 nitrogen and oxygen atoms in total. The summed E-state index contributed by atoms with van der Waals surface area (Å²) in [5.41, 5.74) is 7.86. The zero-order valence-electron chi connectivity index (χ0n) is 8.54. The highest BCUT2D eigenvalue weighted by molar-refractivity contribution is 5.08. The van der Waals surface area contributed by atoms with Gasteiger partial charge in [0.2, 0.25) is 0 Å². The average Bonchev–Trinajstić information content (AvgIpc) is 2.02. The molecule has 0 aromatic carbocycles. The van der Waals surface area contributed by atoms with E-state index in [1.807, 2.05) is 19.9 Å². The quantitative estimate of drug-likeness (QED) is 0.762. The largest absolute Gasteiger partial charge is 0.327 e. The van der Waals surface area contributed by atoms with E-state index in [2.05, 4.69) is 16.9 Å². The third-order valence-electron chi connectivity index (χ3n) is 2.00. The van der Waals surface area contributed by atoms with Crippen molar-refractivity contribution in [1.29, 1.82) is 0 Å². The maximum atomic E-state index is 5.83. The molecule has 0 saturated carbocycles. The number of rotatable bonds is 3. The van der Waals surface area contributed by atoms with Gasteiger partial charge in [-0.05, 0) is 26.3 Å². The van der Waals surface area contributed by atoms with Crippen LogP contribution in [0.4, 0.5) is 0 Å². The molecule has 0 fully saturated rings. The molecule has 0 amide bonds. The summed E-state index contributed by atoms with van der Waals surface area (Å²) in [6.07, 6.45) is 1.75. The Morgan fingerprint density at radius 2 is 1.85 bits per heavy atom. The van der Waals surface area contributed by atoms with Crippen LogP contribution in [0.1, 0.15) is 30.6 Å². The van der Waals surface area contributed by atoms with Crippen LogP contribution in [0.3, 0.4) is 0 Å². The molecule has 0 aliphatic carbocycles. The Kier molecular flexibility index (Phi) is 3.37. The van der Waals surface area contributed by atoms with E-state index in [1.54, 1.807) is 0 Å². The zero-order valence-corrected chi connectivity index (χ0v) is 8.54. The predicted molar refractivity (Wildman–Crippen MR) is 53.5 cm³/mol. The SMILES string of the molecule is CCC(N)Cc1nc(C)cc(C)n1. The van der Waals surface area contributed by atoms with Gasteiger partial charge in [0.15, 0.2) is 0 Å². The molecule has 0 aliphatic heterocycles. The van der Waals surface area contributed by atoms with Gasteiger partial charge in [0, 0.05) is 23.9 Å². The smallest absolute Gasteiger partial charge is 0.130 e. The van der Waals surface area contributed by atoms with E-state index >= 15 is 0 Å². The van der Waals surface area contributed by atoms with Crippen molar-refractivity contribution in [1.82, 2.24) is 9.97 Å². The van der Waals surface area contributed by atoms with Gasteiger partial charge in [-0.25, -0.2) is 9.97 Å². The van der Waals surface area contributed by atoms with Gasteiger partial charge in [0.25, 0.3) is 0 Å². The van der Waals surface area contributed by atoms with Crippen LogP contribution in [-0.4, -0.2) is 16.0 Å². The number of hydrogen-bond donors (Lipinski definition) is 1. The van der Waals surface area contributed by atoms with Crippen LogP contribution < -0.4 is 5.73 Å². The first-order valence-corrected chi connectivity index (χ1v) is 4.68. The lowest BCUT2D eigenvalue weighted by Gasteiger charge is -2.08. The van der Waals surface area contributed by atoms with E-state index < -0.39 is 0 Å². The third kappa shape index (κ3) is 3.11. The van der Waals surface area contributed by atoms with Crippen molar-refractivity contribution < 1.29 is 0 Å². The molecule has 0 radical (unpaired) electrons. The standard InChI is InChI=1S/C10H17N3/c1-4-9(11)6-10-12-7(2)5-8(3)13-10/h5,9H,4,6,11H2,1-3H3. The molecule has 0 aliphatic rings. The maximum absolute atomic E-state index is 5.83. The monoisotopic (exact) mass is 179 g/mol. The predicted octanol–water partition coefficient (Wildman–Crippen LogP) is 1.37. The first-order chi connectivity index (χ1) is 6.11. The Labute approximate surface area is 79.4 Å². The van der Waals surface area contributed by atoms with E-state index in [1.165, 1.54) is 0 Å². The van der Waals surface area contributed by atoms with Gasteiger partial charge in [-0.15, -0.1) is 0 Å². The molecule has 0 spiro atoms. The fourth-order valence-electron chi connectivity index (χ4n) is 1.27. The number of aryl methyl sites for hydroxylation is 2. The maximum Gasteiger partial charge on any atom is 0.130 e. The normalized spacial score (nSPS) is 12.9. The van der Waals surface area contributed by atoms with E-state index in [4.69, 9.17) is 5.73 Å². The van der Waals surface area contributed by atoms with Gasteiger partial charge in [-0.3, -0.25) is 0 Å². The molecule has 0 bridgehead atoms. The molecule has 3 heteroatoms. The molecule has 13 heavy (non-hydrogen) atoms. The first kappa shape index (κ1) is 10.1. The second kappa shape index (κ2) is 4.33. The number of hydrogen-bond acceptors (Lipinski definition) is 3. The van der Waals surface area contributed by atoms with E-state index in [-0.39, 0.29) is 6.04 Å². The van der Waals surface area contributed by atoms with Crippen molar-refractivity contribution in [3.8, 4) is 0 Å². The van der Waals surface area contributed by atoms with Crippen LogP contribution in [-0.2, 0) is 6.42 Å². The zero-order chi connectivity index (χ0) is 9.84. The van der Waals surface area contributed by atoms with Crippen LogP contribution in [0.5, 0.6) is 0 Å². The topological polar surface area (TPSA) is 51.8 Å². The van der Waals surface area contributed by atoms with Gasteiger partial charge in [-0.2, -0.15) is 0 Å².